The van der Waals surface area contributed by atoms with Gasteiger partial charge >= 0.3 is 0 Å². The molecule has 0 aromatic heterocycles. The minimum absolute atomic E-state index is 1.08. The van der Waals surface area contributed by atoms with Crippen molar-refractivity contribution in [1.29, 1.82) is 0 Å². The third kappa shape index (κ3) is 1.33. The van der Waals surface area contributed by atoms with Gasteiger partial charge in [0.25, 0.3) is 0 Å². The fourth-order valence-electron chi connectivity index (χ4n) is 1.32. The van der Waals surface area contributed by atoms with Gasteiger partial charge in [-0.05, 0) is 51.9 Å². The first-order valence-corrected chi connectivity index (χ1v) is 4.85. The molecule has 0 aliphatic heterocycles. The number of hydrogen-bond acceptors (Lipinski definition) is 0. The van der Waals surface area contributed by atoms with Crippen molar-refractivity contribution >= 4 is 33.4 Å². The Bertz CT molecular complexity index is 418. The van der Waals surface area contributed by atoms with Crippen LogP contribution in [0.5, 0.6) is 0 Å². The quantitative estimate of drug-likeness (QED) is 0.639. The SMILES string of the molecule is [CH2]c1cc(I)c2ccccc2c1. The van der Waals surface area contributed by atoms with Crippen molar-refractivity contribution in [3.8, 4) is 0 Å². The summed E-state index contributed by atoms with van der Waals surface area (Å²) in [5.74, 6) is 0. The molecule has 0 saturated carbocycles. The lowest BCUT2D eigenvalue weighted by Gasteiger charge is -2.01. The molecular weight excluding hydrogens is 259 g/mol. The van der Waals surface area contributed by atoms with Crippen LogP contribution in [0.15, 0.2) is 36.4 Å². The van der Waals surface area contributed by atoms with Gasteiger partial charge in [0.15, 0.2) is 0 Å². The van der Waals surface area contributed by atoms with E-state index in [2.05, 4.69) is 65.9 Å². The van der Waals surface area contributed by atoms with E-state index in [-0.39, 0.29) is 0 Å². The maximum Gasteiger partial charge on any atom is 0.0211 e. The first kappa shape index (κ1) is 8.05. The molecule has 59 valence electrons. The Morgan fingerprint density at radius 1 is 1.08 bits per heavy atom. The van der Waals surface area contributed by atoms with Crippen LogP contribution in [-0.4, -0.2) is 0 Å². The van der Waals surface area contributed by atoms with Gasteiger partial charge in [-0.15, -0.1) is 0 Å². The average Bonchev–Trinajstić information content (AvgIpc) is 2.04. The summed E-state index contributed by atoms with van der Waals surface area (Å²) in [7, 11) is 0. The highest BCUT2D eigenvalue weighted by molar-refractivity contribution is 14.1. The molecule has 0 unspecified atom stereocenters. The Kier molecular flexibility index (Phi) is 2.05. The van der Waals surface area contributed by atoms with Gasteiger partial charge in [-0.1, -0.05) is 30.3 Å². The van der Waals surface area contributed by atoms with Crippen LogP contribution in [0.25, 0.3) is 10.8 Å². The zero-order valence-corrected chi connectivity index (χ0v) is 8.71. The molecule has 0 saturated heterocycles. The van der Waals surface area contributed by atoms with E-state index in [4.69, 9.17) is 0 Å². The summed E-state index contributed by atoms with van der Waals surface area (Å²) in [6, 6.07) is 12.6. The Morgan fingerprint density at radius 2 is 1.83 bits per heavy atom. The lowest BCUT2D eigenvalue weighted by Crippen LogP contribution is -1.79. The van der Waals surface area contributed by atoms with Crippen molar-refractivity contribution in [1.82, 2.24) is 0 Å². The molecule has 0 bridgehead atoms. The van der Waals surface area contributed by atoms with Crippen LogP contribution < -0.4 is 0 Å². The topological polar surface area (TPSA) is 0 Å². The van der Waals surface area contributed by atoms with Crippen molar-refractivity contribution in [2.24, 2.45) is 0 Å². The highest BCUT2D eigenvalue weighted by Gasteiger charge is 1.97. The zero-order chi connectivity index (χ0) is 8.55. The van der Waals surface area contributed by atoms with Crippen molar-refractivity contribution in [2.45, 2.75) is 0 Å². The van der Waals surface area contributed by atoms with E-state index in [9.17, 15) is 0 Å². The summed E-state index contributed by atoms with van der Waals surface area (Å²) < 4.78 is 1.27. The molecule has 0 nitrogen and oxygen atoms in total. The molecule has 0 aliphatic carbocycles. The molecule has 0 atom stereocenters. The lowest BCUT2D eigenvalue weighted by atomic mass is 10.1. The number of halogens is 1. The first-order chi connectivity index (χ1) is 5.77. The maximum absolute atomic E-state index is 3.93. The number of rotatable bonds is 0. The summed E-state index contributed by atoms with van der Waals surface area (Å²) in [5.41, 5.74) is 1.08. The smallest absolute Gasteiger partial charge is 0.0211 e. The largest absolute Gasteiger partial charge is 0.0616 e. The number of hydrogen-bond donors (Lipinski definition) is 0. The molecule has 0 spiro atoms. The van der Waals surface area contributed by atoms with Crippen LogP contribution in [0.2, 0.25) is 0 Å². The standard InChI is InChI=1S/C11H8I/c1-8-6-9-4-2-3-5-10(9)11(12)7-8/h2-7H,1H2. The molecule has 0 heterocycles. The summed E-state index contributed by atoms with van der Waals surface area (Å²) in [4.78, 5) is 0. The Balaban J connectivity index is 2.89. The normalized spacial score (nSPS) is 10.5. The van der Waals surface area contributed by atoms with Crippen LogP contribution in [0.3, 0.4) is 0 Å². The molecule has 12 heavy (non-hydrogen) atoms. The molecule has 0 aliphatic rings. The Morgan fingerprint density at radius 3 is 2.67 bits per heavy atom. The van der Waals surface area contributed by atoms with E-state index >= 15 is 0 Å². The highest BCUT2D eigenvalue weighted by atomic mass is 127. The highest BCUT2D eigenvalue weighted by Crippen LogP contribution is 2.21. The van der Waals surface area contributed by atoms with E-state index in [1.165, 1.54) is 14.3 Å². The number of benzene rings is 2. The van der Waals surface area contributed by atoms with Crippen LogP contribution in [0, 0.1) is 10.5 Å². The van der Waals surface area contributed by atoms with Crippen LogP contribution in [0.4, 0.5) is 0 Å². The van der Waals surface area contributed by atoms with Gasteiger partial charge in [0.1, 0.15) is 0 Å². The van der Waals surface area contributed by atoms with Gasteiger partial charge in [0.05, 0.1) is 0 Å². The second kappa shape index (κ2) is 3.05. The molecule has 1 radical (unpaired) electrons. The predicted octanol–water partition coefficient (Wildman–Crippen LogP) is 3.63. The maximum atomic E-state index is 3.93. The summed E-state index contributed by atoms with van der Waals surface area (Å²) in [6.07, 6.45) is 0. The fraction of sp³-hybridized carbons (Fsp3) is 0. The Labute approximate surface area is 85.7 Å². The van der Waals surface area contributed by atoms with Crippen LogP contribution >= 0.6 is 22.6 Å². The average molecular weight is 267 g/mol. The molecule has 2 rings (SSSR count). The molecular formula is C11H8I. The summed E-state index contributed by atoms with van der Waals surface area (Å²) >= 11 is 2.34. The summed E-state index contributed by atoms with van der Waals surface area (Å²) in [6.45, 7) is 3.93. The van der Waals surface area contributed by atoms with Gasteiger partial charge in [-0.25, -0.2) is 0 Å². The van der Waals surface area contributed by atoms with Gasteiger partial charge in [-0.2, -0.15) is 0 Å². The second-order valence-corrected chi connectivity index (χ2v) is 3.96. The zero-order valence-electron chi connectivity index (χ0n) is 6.55. The van der Waals surface area contributed by atoms with E-state index in [1.807, 2.05) is 0 Å². The monoisotopic (exact) mass is 267 g/mol. The van der Waals surface area contributed by atoms with E-state index < -0.39 is 0 Å². The molecule has 0 amide bonds. The number of fused-ring (bicyclic) bond motifs is 1. The van der Waals surface area contributed by atoms with Crippen molar-refractivity contribution in [3.63, 3.8) is 0 Å². The molecule has 0 N–H and O–H groups in total. The van der Waals surface area contributed by atoms with Crippen molar-refractivity contribution in [3.05, 3.63) is 52.5 Å². The lowest BCUT2D eigenvalue weighted by molar-refractivity contribution is 1.63. The van der Waals surface area contributed by atoms with Crippen molar-refractivity contribution in [2.75, 3.05) is 0 Å². The molecule has 2 aromatic carbocycles. The second-order valence-electron chi connectivity index (χ2n) is 2.80. The Hall–Kier alpha value is -0.570. The summed E-state index contributed by atoms with van der Waals surface area (Å²) in [5, 5.41) is 2.58. The van der Waals surface area contributed by atoms with Crippen molar-refractivity contribution < 1.29 is 0 Å². The molecule has 0 fully saturated rings. The predicted molar refractivity (Wildman–Crippen MR) is 61.1 cm³/mol. The van der Waals surface area contributed by atoms with Gasteiger partial charge in [0.2, 0.25) is 0 Å². The third-order valence-electron chi connectivity index (χ3n) is 1.87. The molecule has 1 heteroatoms. The van der Waals surface area contributed by atoms with Crippen LogP contribution in [0.1, 0.15) is 5.56 Å². The third-order valence-corrected chi connectivity index (χ3v) is 2.76. The molecule has 2 aromatic rings. The van der Waals surface area contributed by atoms with E-state index in [1.54, 1.807) is 0 Å². The minimum Gasteiger partial charge on any atom is -0.0616 e. The minimum atomic E-state index is 1.08. The van der Waals surface area contributed by atoms with E-state index in [0.717, 1.165) is 5.56 Å². The van der Waals surface area contributed by atoms with Gasteiger partial charge in [0, 0.05) is 3.57 Å². The fourth-order valence-corrected chi connectivity index (χ4v) is 2.21. The first-order valence-electron chi connectivity index (χ1n) is 3.77. The van der Waals surface area contributed by atoms with E-state index in [0.29, 0.717) is 0 Å². The van der Waals surface area contributed by atoms with Gasteiger partial charge < -0.3 is 0 Å². The van der Waals surface area contributed by atoms with Crippen LogP contribution in [-0.2, 0) is 0 Å². The van der Waals surface area contributed by atoms with Gasteiger partial charge in [-0.3, -0.25) is 0 Å².